The van der Waals surface area contributed by atoms with E-state index >= 15 is 0 Å². The number of pyridine rings is 2. The highest BCUT2D eigenvalue weighted by Gasteiger charge is 2.19. The quantitative estimate of drug-likeness (QED) is 0.292. The third-order valence-electron chi connectivity index (χ3n) is 5.04. The third-order valence-corrected chi connectivity index (χ3v) is 5.04. The summed E-state index contributed by atoms with van der Waals surface area (Å²) in [5.74, 6) is 0.517. The van der Waals surface area contributed by atoms with Crippen LogP contribution < -0.4 is 15.4 Å². The Morgan fingerprint density at radius 2 is 2.03 bits per heavy atom. The normalized spacial score (nSPS) is 11.1. The molecule has 0 amide bonds. The number of rotatable bonds is 9. The molecular weight excluding hydrogens is 416 g/mol. The van der Waals surface area contributed by atoms with Gasteiger partial charge in [-0.1, -0.05) is 12.1 Å². The molecular formula is C25H28N6O2. The second kappa shape index (κ2) is 9.68. The molecule has 0 spiro atoms. The molecule has 0 unspecified atom stereocenters. The molecule has 0 bridgehead atoms. The highest BCUT2D eigenvalue weighted by atomic mass is 16.5. The largest absolute Gasteiger partial charge is 0.477 e. The van der Waals surface area contributed by atoms with Gasteiger partial charge in [0.05, 0.1) is 35.0 Å². The summed E-state index contributed by atoms with van der Waals surface area (Å²) < 4.78 is 11.3. The summed E-state index contributed by atoms with van der Waals surface area (Å²) in [4.78, 5) is 13.4. The minimum absolute atomic E-state index is 0.159. The maximum Gasteiger partial charge on any atom is 0.222 e. The number of nitrogens with zero attached hydrogens (tertiary/aromatic N) is 3. The van der Waals surface area contributed by atoms with Crippen molar-refractivity contribution in [3.05, 3.63) is 60.2 Å². The molecule has 8 heteroatoms. The summed E-state index contributed by atoms with van der Waals surface area (Å²) in [6.07, 6.45) is 3.15. The molecule has 3 heterocycles. The number of hydrogen-bond donors (Lipinski definition) is 3. The van der Waals surface area contributed by atoms with Gasteiger partial charge in [-0.15, -0.1) is 0 Å². The van der Waals surface area contributed by atoms with E-state index < -0.39 is 0 Å². The van der Waals surface area contributed by atoms with Gasteiger partial charge >= 0.3 is 0 Å². The van der Waals surface area contributed by atoms with Crippen molar-refractivity contribution >= 4 is 28.2 Å². The van der Waals surface area contributed by atoms with E-state index in [-0.39, 0.29) is 6.04 Å². The van der Waals surface area contributed by atoms with Gasteiger partial charge < -0.3 is 25.2 Å². The van der Waals surface area contributed by atoms with E-state index in [4.69, 9.17) is 19.5 Å². The summed E-state index contributed by atoms with van der Waals surface area (Å²) >= 11 is 0. The second-order valence-electron chi connectivity index (χ2n) is 7.96. The number of fused-ring (bicyclic) bond motifs is 1. The van der Waals surface area contributed by atoms with Crippen LogP contribution in [0.1, 0.15) is 39.0 Å². The van der Waals surface area contributed by atoms with Gasteiger partial charge in [0.25, 0.3) is 0 Å². The number of nitrogens with one attached hydrogen (secondary N) is 3. The first-order valence-electron chi connectivity index (χ1n) is 11.0. The minimum atomic E-state index is 0.159. The van der Waals surface area contributed by atoms with Gasteiger partial charge in [-0.05, 0) is 52.0 Å². The van der Waals surface area contributed by atoms with Gasteiger partial charge in [-0.3, -0.25) is 0 Å². The van der Waals surface area contributed by atoms with Crippen LogP contribution in [0.5, 0.6) is 5.88 Å². The number of anilines is 2. The average molecular weight is 445 g/mol. The van der Waals surface area contributed by atoms with E-state index in [1.165, 1.54) is 6.39 Å². The van der Waals surface area contributed by atoms with E-state index in [2.05, 4.69) is 34.4 Å². The summed E-state index contributed by atoms with van der Waals surface area (Å²) in [6.45, 7) is 8.80. The highest BCUT2D eigenvalue weighted by Crippen LogP contribution is 2.35. The molecule has 33 heavy (non-hydrogen) atoms. The molecule has 170 valence electrons. The van der Waals surface area contributed by atoms with Gasteiger partial charge in [0.15, 0.2) is 12.0 Å². The van der Waals surface area contributed by atoms with E-state index in [0.29, 0.717) is 36.1 Å². The van der Waals surface area contributed by atoms with Crippen LogP contribution in [0, 0.1) is 5.41 Å². The Bertz CT molecular complexity index is 1280. The summed E-state index contributed by atoms with van der Waals surface area (Å²) in [7, 11) is 0. The van der Waals surface area contributed by atoms with Crippen molar-refractivity contribution in [2.24, 2.45) is 0 Å². The average Bonchev–Trinajstić information content (AvgIpc) is 3.28. The number of aromatic nitrogens is 3. The zero-order chi connectivity index (χ0) is 23.4. The SMILES string of the molecule is CCOc1ncccc1-c1cc(NCc2cccc3ncoc23)c(NC(C)C)c(C(C)=N)n1. The maximum absolute atomic E-state index is 8.39. The van der Waals surface area contributed by atoms with E-state index in [9.17, 15) is 0 Å². The Morgan fingerprint density at radius 1 is 1.18 bits per heavy atom. The fraction of sp³-hybridized carbons (Fsp3) is 0.280. The third kappa shape index (κ3) is 4.79. The first kappa shape index (κ1) is 22.3. The smallest absolute Gasteiger partial charge is 0.222 e. The summed E-state index contributed by atoms with van der Waals surface area (Å²) in [5.41, 5.74) is 6.58. The van der Waals surface area contributed by atoms with Crippen LogP contribution >= 0.6 is 0 Å². The van der Waals surface area contributed by atoms with Crippen molar-refractivity contribution in [2.45, 2.75) is 40.3 Å². The van der Waals surface area contributed by atoms with E-state index in [1.807, 2.05) is 43.3 Å². The van der Waals surface area contributed by atoms with Gasteiger partial charge in [0.1, 0.15) is 11.2 Å². The van der Waals surface area contributed by atoms with Crippen LogP contribution in [0.2, 0.25) is 0 Å². The van der Waals surface area contributed by atoms with Gasteiger partial charge in [0.2, 0.25) is 5.88 Å². The lowest BCUT2D eigenvalue weighted by molar-refractivity contribution is 0.328. The highest BCUT2D eigenvalue weighted by molar-refractivity contribution is 6.03. The van der Waals surface area contributed by atoms with Gasteiger partial charge in [-0.25, -0.2) is 15.0 Å². The number of benzene rings is 1. The molecule has 0 saturated heterocycles. The van der Waals surface area contributed by atoms with Crippen molar-refractivity contribution in [1.82, 2.24) is 15.0 Å². The monoisotopic (exact) mass is 444 g/mol. The summed E-state index contributed by atoms with van der Waals surface area (Å²) in [5, 5.41) is 15.4. The molecule has 0 aliphatic carbocycles. The summed E-state index contributed by atoms with van der Waals surface area (Å²) in [6, 6.07) is 11.8. The fourth-order valence-corrected chi connectivity index (χ4v) is 3.64. The maximum atomic E-state index is 8.39. The van der Waals surface area contributed by atoms with Crippen LogP contribution in [-0.4, -0.2) is 33.3 Å². The topological polar surface area (TPSA) is 109 Å². The van der Waals surface area contributed by atoms with Crippen molar-refractivity contribution in [2.75, 3.05) is 17.2 Å². The molecule has 4 rings (SSSR count). The van der Waals surface area contributed by atoms with E-state index in [1.54, 1.807) is 13.1 Å². The van der Waals surface area contributed by atoms with Crippen LogP contribution in [0.4, 0.5) is 11.4 Å². The number of hydrogen-bond acceptors (Lipinski definition) is 8. The van der Waals surface area contributed by atoms with Crippen molar-refractivity contribution in [3.8, 4) is 17.1 Å². The van der Waals surface area contributed by atoms with Crippen molar-refractivity contribution < 1.29 is 9.15 Å². The molecule has 8 nitrogen and oxygen atoms in total. The lowest BCUT2D eigenvalue weighted by Crippen LogP contribution is -2.17. The van der Waals surface area contributed by atoms with Crippen molar-refractivity contribution in [3.63, 3.8) is 0 Å². The Balaban J connectivity index is 1.81. The van der Waals surface area contributed by atoms with Crippen LogP contribution in [0.25, 0.3) is 22.4 Å². The molecule has 0 aliphatic rings. The Labute approximate surface area is 192 Å². The number of para-hydroxylation sites is 1. The van der Waals surface area contributed by atoms with Gasteiger partial charge in [-0.2, -0.15) is 0 Å². The zero-order valence-electron chi connectivity index (χ0n) is 19.3. The molecule has 0 atom stereocenters. The number of ether oxygens (including phenoxy) is 1. The van der Waals surface area contributed by atoms with Gasteiger partial charge in [0, 0.05) is 24.3 Å². The minimum Gasteiger partial charge on any atom is -0.477 e. The standard InChI is InChI=1S/C25H28N6O2/c1-5-32-25-18(9-7-11-27-25)20-12-21(23(30-15(2)3)22(31-20)16(4)26)28-13-17-8-6-10-19-24(17)33-14-29-19/h6-12,14-15,26,30H,5,13H2,1-4H3,(H,28,31). The Hall–Kier alpha value is -3.94. The zero-order valence-corrected chi connectivity index (χ0v) is 19.3. The lowest BCUT2D eigenvalue weighted by atomic mass is 10.1. The predicted molar refractivity (Wildman–Crippen MR) is 131 cm³/mol. The molecule has 0 radical (unpaired) electrons. The first-order chi connectivity index (χ1) is 16.0. The van der Waals surface area contributed by atoms with Crippen LogP contribution in [-0.2, 0) is 6.54 Å². The molecule has 1 aromatic carbocycles. The molecule has 4 aromatic rings. The predicted octanol–water partition coefficient (Wildman–Crippen LogP) is 5.50. The first-order valence-corrected chi connectivity index (χ1v) is 11.0. The van der Waals surface area contributed by atoms with Crippen LogP contribution in [0.15, 0.2) is 53.4 Å². The molecule has 3 aromatic heterocycles. The molecule has 0 fully saturated rings. The lowest BCUT2D eigenvalue weighted by Gasteiger charge is -2.21. The Morgan fingerprint density at radius 3 is 2.79 bits per heavy atom. The Kier molecular flexibility index (Phi) is 6.53. The second-order valence-corrected chi connectivity index (χ2v) is 7.96. The molecule has 0 aliphatic heterocycles. The van der Waals surface area contributed by atoms with E-state index in [0.717, 1.165) is 33.6 Å². The molecule has 3 N–H and O–H groups in total. The fourth-order valence-electron chi connectivity index (χ4n) is 3.64. The van der Waals surface area contributed by atoms with Crippen molar-refractivity contribution in [1.29, 1.82) is 5.41 Å². The number of oxazole rings is 1. The molecule has 0 saturated carbocycles. The van der Waals surface area contributed by atoms with Crippen LogP contribution in [0.3, 0.4) is 0 Å².